The van der Waals surface area contributed by atoms with E-state index in [-0.39, 0.29) is 0 Å². The van der Waals surface area contributed by atoms with Gasteiger partial charge in [-0.05, 0) is 36.8 Å². The SMILES string of the molecule is CCCCCCCCCC=S1C=CCCC1. The van der Waals surface area contributed by atoms with Crippen molar-refractivity contribution in [1.29, 1.82) is 0 Å². The van der Waals surface area contributed by atoms with E-state index in [1.807, 2.05) is 0 Å². The predicted octanol–water partition coefficient (Wildman–Crippen LogP) is 5.51. The van der Waals surface area contributed by atoms with Gasteiger partial charge in [-0.2, -0.15) is 10.5 Å². The fourth-order valence-corrected chi connectivity index (χ4v) is 3.87. The molecule has 1 rings (SSSR count). The van der Waals surface area contributed by atoms with Gasteiger partial charge in [0.25, 0.3) is 0 Å². The van der Waals surface area contributed by atoms with Crippen LogP contribution in [0.1, 0.15) is 71.1 Å². The van der Waals surface area contributed by atoms with E-state index in [2.05, 4.69) is 23.8 Å². The average molecular weight is 240 g/mol. The highest BCUT2D eigenvalue weighted by Crippen LogP contribution is 2.22. The molecule has 0 aromatic carbocycles. The maximum Gasteiger partial charge on any atom is -0.00792 e. The van der Waals surface area contributed by atoms with Crippen molar-refractivity contribution < 1.29 is 0 Å². The van der Waals surface area contributed by atoms with Crippen molar-refractivity contribution in [2.24, 2.45) is 0 Å². The Bertz CT molecular complexity index is 215. The molecule has 0 bridgehead atoms. The van der Waals surface area contributed by atoms with Crippen LogP contribution in [0.15, 0.2) is 11.5 Å². The second-order valence-corrected chi connectivity index (χ2v) is 6.72. The first-order valence-electron chi connectivity index (χ1n) is 7.12. The van der Waals surface area contributed by atoms with Crippen molar-refractivity contribution in [1.82, 2.24) is 0 Å². The molecule has 1 unspecified atom stereocenters. The molecule has 0 saturated heterocycles. The lowest BCUT2D eigenvalue weighted by atomic mass is 10.1. The second kappa shape index (κ2) is 10.1. The molecule has 1 aliphatic heterocycles. The van der Waals surface area contributed by atoms with Crippen molar-refractivity contribution in [2.45, 2.75) is 71.1 Å². The summed E-state index contributed by atoms with van der Waals surface area (Å²) in [4.78, 5) is 0. The lowest BCUT2D eigenvalue weighted by Crippen LogP contribution is -1.88. The van der Waals surface area contributed by atoms with Crippen LogP contribution >= 0.6 is 10.5 Å². The second-order valence-electron chi connectivity index (χ2n) is 4.76. The Morgan fingerprint density at radius 1 is 1.06 bits per heavy atom. The summed E-state index contributed by atoms with van der Waals surface area (Å²) in [6.07, 6.45) is 16.5. The highest BCUT2D eigenvalue weighted by Gasteiger charge is 1.96. The molecular formula is C15H28S. The fourth-order valence-electron chi connectivity index (χ4n) is 2.10. The Morgan fingerprint density at radius 2 is 1.81 bits per heavy atom. The molecule has 1 atom stereocenters. The van der Waals surface area contributed by atoms with Crippen LogP contribution in [0.25, 0.3) is 0 Å². The Morgan fingerprint density at radius 3 is 2.50 bits per heavy atom. The summed E-state index contributed by atoms with van der Waals surface area (Å²) in [5, 5.41) is 5.01. The van der Waals surface area contributed by atoms with Gasteiger partial charge in [0, 0.05) is 0 Å². The van der Waals surface area contributed by atoms with Crippen LogP contribution in [0, 0.1) is 0 Å². The van der Waals surface area contributed by atoms with E-state index in [4.69, 9.17) is 0 Å². The maximum absolute atomic E-state index is 2.57. The van der Waals surface area contributed by atoms with Gasteiger partial charge in [-0.15, -0.1) is 0 Å². The minimum absolute atomic E-state index is 0.540. The first kappa shape index (κ1) is 14.0. The molecule has 0 aliphatic carbocycles. The van der Waals surface area contributed by atoms with E-state index < -0.39 is 0 Å². The minimum atomic E-state index is 0.540. The first-order chi connectivity index (χ1) is 7.93. The van der Waals surface area contributed by atoms with Gasteiger partial charge in [-0.25, -0.2) is 0 Å². The Balaban J connectivity index is 1.91. The molecule has 0 nitrogen and oxygen atoms in total. The number of allylic oxidation sites excluding steroid dienone is 1. The molecule has 16 heavy (non-hydrogen) atoms. The average Bonchev–Trinajstić information content (AvgIpc) is 2.34. The van der Waals surface area contributed by atoms with Gasteiger partial charge < -0.3 is 0 Å². The van der Waals surface area contributed by atoms with Crippen LogP contribution in [-0.4, -0.2) is 11.1 Å². The van der Waals surface area contributed by atoms with Crippen molar-refractivity contribution in [2.75, 3.05) is 5.75 Å². The summed E-state index contributed by atoms with van der Waals surface area (Å²) in [6.45, 7) is 2.29. The molecular weight excluding hydrogens is 212 g/mol. The molecule has 1 aliphatic rings. The van der Waals surface area contributed by atoms with Crippen molar-refractivity contribution in [3.05, 3.63) is 11.5 Å². The fraction of sp³-hybridized carbons (Fsp3) is 0.800. The van der Waals surface area contributed by atoms with E-state index in [0.29, 0.717) is 10.5 Å². The number of hydrogen-bond acceptors (Lipinski definition) is 0. The zero-order chi connectivity index (χ0) is 11.5. The molecule has 0 aromatic heterocycles. The number of hydrogen-bond donors (Lipinski definition) is 0. The molecule has 1 heterocycles. The molecule has 0 N–H and O–H groups in total. The van der Waals surface area contributed by atoms with Crippen LogP contribution in [0.4, 0.5) is 0 Å². The molecule has 0 amide bonds. The summed E-state index contributed by atoms with van der Waals surface area (Å²) in [6, 6.07) is 0. The molecule has 0 saturated carbocycles. The van der Waals surface area contributed by atoms with E-state index in [1.54, 1.807) is 0 Å². The lowest BCUT2D eigenvalue weighted by Gasteiger charge is -2.08. The Hall–Kier alpha value is -0.0400. The summed E-state index contributed by atoms with van der Waals surface area (Å²) in [7, 11) is 0.540. The lowest BCUT2D eigenvalue weighted by molar-refractivity contribution is 0.596. The van der Waals surface area contributed by atoms with Gasteiger partial charge >= 0.3 is 0 Å². The molecule has 0 aromatic rings. The zero-order valence-electron chi connectivity index (χ0n) is 10.9. The smallest absolute Gasteiger partial charge is 0.00792 e. The predicted molar refractivity (Wildman–Crippen MR) is 79.5 cm³/mol. The molecule has 0 spiro atoms. The van der Waals surface area contributed by atoms with Gasteiger partial charge in [0.05, 0.1) is 0 Å². The summed E-state index contributed by atoms with van der Waals surface area (Å²) >= 11 is 0. The summed E-state index contributed by atoms with van der Waals surface area (Å²) in [5.41, 5.74) is 0. The topological polar surface area (TPSA) is 0 Å². The molecule has 0 fully saturated rings. The van der Waals surface area contributed by atoms with E-state index in [1.165, 1.54) is 70.0 Å². The number of unbranched alkanes of at least 4 members (excludes halogenated alkanes) is 7. The van der Waals surface area contributed by atoms with Crippen LogP contribution < -0.4 is 0 Å². The van der Waals surface area contributed by atoms with Crippen molar-refractivity contribution in [3.8, 4) is 0 Å². The van der Waals surface area contributed by atoms with E-state index in [0.717, 1.165) is 0 Å². The minimum Gasteiger partial charge on any atom is -0.166 e. The van der Waals surface area contributed by atoms with Gasteiger partial charge in [0.2, 0.25) is 0 Å². The highest BCUT2D eigenvalue weighted by atomic mass is 32.2. The van der Waals surface area contributed by atoms with E-state index >= 15 is 0 Å². The van der Waals surface area contributed by atoms with Crippen molar-refractivity contribution in [3.63, 3.8) is 0 Å². The van der Waals surface area contributed by atoms with Crippen LogP contribution in [0.5, 0.6) is 0 Å². The standard InChI is InChI=1S/C15H28S/c1-2-3-4-5-6-7-8-10-13-16-14-11-9-12-15-16/h11,13-14H,2-10,12,15H2,1H3. The van der Waals surface area contributed by atoms with Gasteiger partial charge in [0.1, 0.15) is 0 Å². The Kier molecular flexibility index (Phi) is 8.88. The quantitative estimate of drug-likeness (QED) is 0.388. The molecule has 0 radical (unpaired) electrons. The van der Waals surface area contributed by atoms with Crippen LogP contribution in [0.2, 0.25) is 0 Å². The summed E-state index contributed by atoms with van der Waals surface area (Å²) in [5.74, 6) is 1.42. The summed E-state index contributed by atoms with van der Waals surface area (Å²) < 4.78 is 0. The Labute approximate surface area is 104 Å². The first-order valence-corrected chi connectivity index (χ1v) is 8.64. The zero-order valence-corrected chi connectivity index (χ0v) is 11.7. The third kappa shape index (κ3) is 7.27. The van der Waals surface area contributed by atoms with Gasteiger partial charge in [-0.3, -0.25) is 0 Å². The van der Waals surface area contributed by atoms with Gasteiger partial charge in [0.15, 0.2) is 0 Å². The largest absolute Gasteiger partial charge is 0.166 e. The normalized spacial score (nSPS) is 20.4. The maximum atomic E-state index is 2.57. The third-order valence-corrected chi connectivity index (χ3v) is 5.13. The monoisotopic (exact) mass is 240 g/mol. The molecule has 1 heteroatoms. The van der Waals surface area contributed by atoms with Crippen molar-refractivity contribution >= 4 is 15.9 Å². The highest BCUT2D eigenvalue weighted by molar-refractivity contribution is 8.17. The van der Waals surface area contributed by atoms with Gasteiger partial charge in [-0.1, -0.05) is 56.9 Å². The molecule has 94 valence electrons. The van der Waals surface area contributed by atoms with Crippen LogP contribution in [-0.2, 0) is 0 Å². The van der Waals surface area contributed by atoms with E-state index in [9.17, 15) is 0 Å². The van der Waals surface area contributed by atoms with Crippen LogP contribution in [0.3, 0.4) is 0 Å². The third-order valence-electron chi connectivity index (χ3n) is 3.16. The number of rotatable bonds is 8.